The van der Waals surface area contributed by atoms with Gasteiger partial charge in [0.15, 0.2) is 0 Å². The number of benzene rings is 1. The highest BCUT2D eigenvalue weighted by atomic mass is 32.2. The van der Waals surface area contributed by atoms with Crippen LogP contribution < -0.4 is 10.0 Å². The minimum atomic E-state index is -3.39. The quantitative estimate of drug-likeness (QED) is 0.901. The molecule has 1 aliphatic heterocycles. The molecule has 1 aromatic rings. The maximum atomic E-state index is 12.4. The van der Waals surface area contributed by atoms with Gasteiger partial charge in [-0.2, -0.15) is 0 Å². The third-order valence-electron chi connectivity index (χ3n) is 4.82. The van der Waals surface area contributed by atoms with Crippen LogP contribution in [0, 0.1) is 0 Å². The molecular formula is C16H24N2O2S. The van der Waals surface area contributed by atoms with E-state index in [9.17, 15) is 8.42 Å². The Kier molecular flexibility index (Phi) is 4.33. The molecule has 116 valence electrons. The van der Waals surface area contributed by atoms with Crippen LogP contribution in [0.2, 0.25) is 0 Å². The van der Waals surface area contributed by atoms with E-state index in [-0.39, 0.29) is 11.6 Å². The number of hydrogen-bond acceptors (Lipinski definition) is 3. The van der Waals surface area contributed by atoms with Crippen LogP contribution in [0.15, 0.2) is 35.2 Å². The molecule has 5 heteroatoms. The average Bonchev–Trinajstić information content (AvgIpc) is 2.48. The van der Waals surface area contributed by atoms with E-state index < -0.39 is 10.0 Å². The van der Waals surface area contributed by atoms with Gasteiger partial charge in [0.1, 0.15) is 0 Å². The van der Waals surface area contributed by atoms with Crippen molar-refractivity contribution in [3.63, 3.8) is 0 Å². The molecule has 0 bridgehead atoms. The van der Waals surface area contributed by atoms with Crippen LogP contribution in [0.25, 0.3) is 0 Å². The van der Waals surface area contributed by atoms with Gasteiger partial charge >= 0.3 is 0 Å². The summed E-state index contributed by atoms with van der Waals surface area (Å²) in [6, 6.07) is 8.72. The molecule has 3 rings (SSSR count). The van der Waals surface area contributed by atoms with Crippen molar-refractivity contribution in [2.24, 2.45) is 0 Å². The van der Waals surface area contributed by atoms with Gasteiger partial charge in [0.25, 0.3) is 0 Å². The van der Waals surface area contributed by atoms with Crippen LogP contribution in [0.1, 0.15) is 44.9 Å². The molecule has 0 radical (unpaired) electrons. The van der Waals surface area contributed by atoms with Gasteiger partial charge in [-0.1, -0.05) is 37.5 Å². The molecule has 2 fully saturated rings. The Morgan fingerprint density at radius 3 is 2.52 bits per heavy atom. The Morgan fingerprint density at radius 1 is 1.10 bits per heavy atom. The molecule has 1 heterocycles. The van der Waals surface area contributed by atoms with Crippen molar-refractivity contribution in [1.82, 2.24) is 10.0 Å². The highest BCUT2D eigenvalue weighted by Crippen LogP contribution is 2.35. The van der Waals surface area contributed by atoms with Crippen LogP contribution in [0.3, 0.4) is 0 Å². The largest absolute Gasteiger partial charge is 0.311 e. The first-order chi connectivity index (χ1) is 10.1. The smallest absolute Gasteiger partial charge is 0.240 e. The second-order valence-electron chi connectivity index (χ2n) is 6.39. The zero-order valence-corrected chi connectivity index (χ0v) is 13.2. The SMILES string of the molecule is O=S(=O)(NC1CCNC2(CCCCC2)C1)c1ccccc1. The zero-order valence-electron chi connectivity index (χ0n) is 12.3. The molecule has 0 amide bonds. The molecule has 2 N–H and O–H groups in total. The predicted molar refractivity (Wildman–Crippen MR) is 83.6 cm³/mol. The van der Waals surface area contributed by atoms with Crippen LogP contribution in [0.4, 0.5) is 0 Å². The Labute approximate surface area is 127 Å². The fraction of sp³-hybridized carbons (Fsp3) is 0.625. The van der Waals surface area contributed by atoms with E-state index >= 15 is 0 Å². The molecule has 1 saturated carbocycles. The summed E-state index contributed by atoms with van der Waals surface area (Å²) < 4.78 is 27.8. The molecule has 2 aliphatic rings. The highest BCUT2D eigenvalue weighted by Gasteiger charge is 2.38. The Bertz CT molecular complexity index is 560. The van der Waals surface area contributed by atoms with E-state index in [0.29, 0.717) is 4.90 Å². The molecule has 0 aromatic heterocycles. The number of piperidine rings is 1. The van der Waals surface area contributed by atoms with Crippen molar-refractivity contribution in [3.05, 3.63) is 30.3 Å². The van der Waals surface area contributed by atoms with Crippen molar-refractivity contribution < 1.29 is 8.42 Å². The van der Waals surface area contributed by atoms with E-state index in [1.165, 1.54) is 32.1 Å². The Morgan fingerprint density at radius 2 is 1.81 bits per heavy atom. The van der Waals surface area contributed by atoms with Gasteiger partial charge < -0.3 is 5.32 Å². The molecule has 1 aromatic carbocycles. The molecule has 1 atom stereocenters. The Balaban J connectivity index is 1.70. The molecule has 21 heavy (non-hydrogen) atoms. The summed E-state index contributed by atoms with van der Waals surface area (Å²) in [5.41, 5.74) is 0.167. The first-order valence-corrected chi connectivity index (χ1v) is 9.40. The lowest BCUT2D eigenvalue weighted by Crippen LogP contribution is -2.57. The average molecular weight is 308 g/mol. The molecule has 1 spiro atoms. The van der Waals surface area contributed by atoms with Gasteiger partial charge in [-0.05, 0) is 44.4 Å². The van der Waals surface area contributed by atoms with Crippen LogP contribution in [-0.4, -0.2) is 26.5 Å². The van der Waals surface area contributed by atoms with E-state index in [2.05, 4.69) is 10.0 Å². The normalized spacial score (nSPS) is 25.8. The Hall–Kier alpha value is -0.910. The monoisotopic (exact) mass is 308 g/mol. The van der Waals surface area contributed by atoms with Crippen LogP contribution in [-0.2, 0) is 10.0 Å². The van der Waals surface area contributed by atoms with Crippen LogP contribution in [0.5, 0.6) is 0 Å². The molecule has 1 saturated heterocycles. The van der Waals surface area contributed by atoms with Crippen molar-refractivity contribution in [3.8, 4) is 0 Å². The molecular weight excluding hydrogens is 284 g/mol. The lowest BCUT2D eigenvalue weighted by Gasteiger charge is -2.44. The fourth-order valence-electron chi connectivity index (χ4n) is 3.75. The second kappa shape index (κ2) is 6.07. The summed E-state index contributed by atoms with van der Waals surface area (Å²) in [7, 11) is -3.39. The number of nitrogens with one attached hydrogen (secondary N) is 2. The number of hydrogen-bond donors (Lipinski definition) is 2. The van der Waals surface area contributed by atoms with Gasteiger partial charge in [-0.25, -0.2) is 13.1 Å². The minimum Gasteiger partial charge on any atom is -0.311 e. The van der Waals surface area contributed by atoms with Crippen molar-refractivity contribution in [2.75, 3.05) is 6.54 Å². The van der Waals surface area contributed by atoms with Gasteiger partial charge in [-0.3, -0.25) is 0 Å². The van der Waals surface area contributed by atoms with Crippen molar-refractivity contribution >= 4 is 10.0 Å². The maximum absolute atomic E-state index is 12.4. The molecule has 1 unspecified atom stereocenters. The second-order valence-corrected chi connectivity index (χ2v) is 8.11. The van der Waals surface area contributed by atoms with E-state index in [4.69, 9.17) is 0 Å². The third kappa shape index (κ3) is 3.47. The first kappa shape index (κ1) is 15.0. The minimum absolute atomic E-state index is 0.0505. The summed E-state index contributed by atoms with van der Waals surface area (Å²) in [4.78, 5) is 0.362. The topological polar surface area (TPSA) is 58.2 Å². The molecule has 1 aliphatic carbocycles. The number of rotatable bonds is 3. The standard InChI is InChI=1S/C16H24N2O2S/c19-21(20,15-7-3-1-4-8-15)18-14-9-12-17-16(13-14)10-5-2-6-11-16/h1,3-4,7-8,14,17-18H,2,5-6,9-13H2. The van der Waals surface area contributed by atoms with E-state index in [1.807, 2.05) is 6.07 Å². The fourth-order valence-corrected chi connectivity index (χ4v) is 5.05. The van der Waals surface area contributed by atoms with Crippen LogP contribution >= 0.6 is 0 Å². The lowest BCUT2D eigenvalue weighted by atomic mass is 9.75. The summed E-state index contributed by atoms with van der Waals surface area (Å²) in [6.45, 7) is 0.905. The van der Waals surface area contributed by atoms with Gasteiger partial charge in [0.05, 0.1) is 4.90 Å². The van der Waals surface area contributed by atoms with Gasteiger partial charge in [0.2, 0.25) is 10.0 Å². The van der Waals surface area contributed by atoms with Crippen molar-refractivity contribution in [1.29, 1.82) is 0 Å². The third-order valence-corrected chi connectivity index (χ3v) is 6.35. The van der Waals surface area contributed by atoms with Gasteiger partial charge in [-0.15, -0.1) is 0 Å². The summed E-state index contributed by atoms with van der Waals surface area (Å²) in [5.74, 6) is 0. The highest BCUT2D eigenvalue weighted by molar-refractivity contribution is 7.89. The zero-order chi connectivity index (χ0) is 14.8. The van der Waals surface area contributed by atoms with Gasteiger partial charge in [0, 0.05) is 11.6 Å². The summed E-state index contributed by atoms with van der Waals surface area (Å²) in [6.07, 6.45) is 7.96. The van der Waals surface area contributed by atoms with E-state index in [1.54, 1.807) is 24.3 Å². The summed E-state index contributed by atoms with van der Waals surface area (Å²) >= 11 is 0. The maximum Gasteiger partial charge on any atom is 0.240 e. The van der Waals surface area contributed by atoms with Crippen molar-refractivity contribution in [2.45, 2.75) is 61.4 Å². The van der Waals surface area contributed by atoms with E-state index in [0.717, 1.165) is 19.4 Å². The molecule has 4 nitrogen and oxygen atoms in total. The summed E-state index contributed by atoms with van der Waals surface area (Å²) in [5, 5.41) is 3.66. The predicted octanol–water partition coefficient (Wildman–Crippen LogP) is 2.42. The number of sulfonamides is 1. The lowest BCUT2D eigenvalue weighted by molar-refractivity contribution is 0.165. The first-order valence-electron chi connectivity index (χ1n) is 7.92.